The van der Waals surface area contributed by atoms with Crippen molar-refractivity contribution in [3.63, 3.8) is 0 Å². The third-order valence-corrected chi connectivity index (χ3v) is 4.28. The van der Waals surface area contributed by atoms with Crippen LogP contribution in [0.1, 0.15) is 31.2 Å². The number of amides is 1. The van der Waals surface area contributed by atoms with E-state index in [0.717, 1.165) is 38.8 Å². The average Bonchev–Trinajstić information content (AvgIpc) is 2.56. The Hall–Kier alpha value is -1.83. The molecule has 104 valence electrons. The van der Waals surface area contributed by atoms with Gasteiger partial charge in [0.05, 0.1) is 0 Å². The second-order valence-electron chi connectivity index (χ2n) is 5.61. The van der Waals surface area contributed by atoms with Crippen molar-refractivity contribution in [1.82, 2.24) is 4.90 Å². The predicted octanol–water partition coefficient (Wildman–Crippen LogP) is 3.66. The van der Waals surface area contributed by atoms with Crippen LogP contribution in [-0.2, 0) is 4.79 Å². The van der Waals surface area contributed by atoms with Crippen molar-refractivity contribution in [2.75, 3.05) is 13.1 Å². The summed E-state index contributed by atoms with van der Waals surface area (Å²) in [6, 6.07) is 10.5. The standard InChI is InChI=1S/C18H21NO/c20-18(17-9-5-2-6-10-17)19-13-11-16(12-14-19)15-7-3-1-4-8-15/h1-5,7-8,11,17H,6,9-10,12-14H2. The van der Waals surface area contributed by atoms with Crippen molar-refractivity contribution < 1.29 is 4.79 Å². The molecule has 0 N–H and O–H groups in total. The fraction of sp³-hybridized carbons (Fsp3) is 0.389. The summed E-state index contributed by atoms with van der Waals surface area (Å²) < 4.78 is 0. The number of hydrogen-bond donors (Lipinski definition) is 0. The van der Waals surface area contributed by atoms with Crippen LogP contribution in [0.4, 0.5) is 0 Å². The highest BCUT2D eigenvalue weighted by atomic mass is 16.2. The summed E-state index contributed by atoms with van der Waals surface area (Å²) in [5, 5.41) is 0. The second-order valence-corrected chi connectivity index (χ2v) is 5.61. The summed E-state index contributed by atoms with van der Waals surface area (Å²) in [6.07, 6.45) is 10.5. The van der Waals surface area contributed by atoms with Gasteiger partial charge in [-0.15, -0.1) is 0 Å². The predicted molar refractivity (Wildman–Crippen MR) is 82.1 cm³/mol. The van der Waals surface area contributed by atoms with E-state index in [0.29, 0.717) is 5.91 Å². The van der Waals surface area contributed by atoms with Gasteiger partial charge in [-0.3, -0.25) is 4.79 Å². The average molecular weight is 267 g/mol. The Morgan fingerprint density at radius 1 is 1.15 bits per heavy atom. The summed E-state index contributed by atoms with van der Waals surface area (Å²) in [5.74, 6) is 0.560. The molecule has 1 aliphatic carbocycles. The normalized spacial score (nSPS) is 22.5. The van der Waals surface area contributed by atoms with Crippen LogP contribution in [0.25, 0.3) is 5.57 Å². The zero-order valence-electron chi connectivity index (χ0n) is 11.8. The van der Waals surface area contributed by atoms with Crippen LogP contribution in [0.15, 0.2) is 48.6 Å². The van der Waals surface area contributed by atoms with Gasteiger partial charge in [0.15, 0.2) is 0 Å². The van der Waals surface area contributed by atoms with Gasteiger partial charge in [0.1, 0.15) is 0 Å². The van der Waals surface area contributed by atoms with Crippen molar-refractivity contribution in [2.45, 2.75) is 25.7 Å². The molecule has 0 aromatic heterocycles. The molecular formula is C18H21NO. The minimum atomic E-state index is 0.215. The largest absolute Gasteiger partial charge is 0.338 e. The molecule has 1 heterocycles. The lowest BCUT2D eigenvalue weighted by molar-refractivity contribution is -0.135. The van der Waals surface area contributed by atoms with Gasteiger partial charge in [-0.1, -0.05) is 48.6 Å². The lowest BCUT2D eigenvalue weighted by Crippen LogP contribution is -2.39. The Morgan fingerprint density at radius 2 is 2.00 bits per heavy atom. The summed E-state index contributed by atoms with van der Waals surface area (Å²) in [7, 11) is 0. The van der Waals surface area contributed by atoms with Crippen molar-refractivity contribution in [3.8, 4) is 0 Å². The van der Waals surface area contributed by atoms with E-state index in [2.05, 4.69) is 42.5 Å². The first kappa shape index (κ1) is 13.2. The summed E-state index contributed by atoms with van der Waals surface area (Å²) in [6.45, 7) is 1.63. The highest BCUT2D eigenvalue weighted by Gasteiger charge is 2.25. The van der Waals surface area contributed by atoms with E-state index in [1.807, 2.05) is 11.0 Å². The molecule has 2 aliphatic rings. The third-order valence-electron chi connectivity index (χ3n) is 4.28. The summed E-state index contributed by atoms with van der Waals surface area (Å²) in [4.78, 5) is 14.5. The minimum Gasteiger partial charge on any atom is -0.338 e. The number of benzene rings is 1. The molecule has 2 nitrogen and oxygen atoms in total. The maximum Gasteiger partial charge on any atom is 0.226 e. The minimum absolute atomic E-state index is 0.215. The van der Waals surface area contributed by atoms with Gasteiger partial charge in [-0.05, 0) is 36.8 Å². The molecule has 1 amide bonds. The van der Waals surface area contributed by atoms with Gasteiger partial charge in [0.25, 0.3) is 0 Å². The van der Waals surface area contributed by atoms with Crippen LogP contribution in [0.5, 0.6) is 0 Å². The first-order valence-electron chi connectivity index (χ1n) is 7.53. The van der Waals surface area contributed by atoms with Crippen LogP contribution in [0.3, 0.4) is 0 Å². The van der Waals surface area contributed by atoms with Crippen molar-refractivity contribution in [2.24, 2.45) is 5.92 Å². The molecule has 1 aromatic carbocycles. The zero-order chi connectivity index (χ0) is 13.8. The van der Waals surface area contributed by atoms with E-state index in [-0.39, 0.29) is 5.92 Å². The Balaban J connectivity index is 1.64. The molecule has 0 saturated carbocycles. The van der Waals surface area contributed by atoms with Crippen LogP contribution in [-0.4, -0.2) is 23.9 Å². The van der Waals surface area contributed by atoms with Crippen LogP contribution in [0.2, 0.25) is 0 Å². The molecule has 1 unspecified atom stereocenters. The van der Waals surface area contributed by atoms with Crippen LogP contribution in [0, 0.1) is 5.92 Å². The van der Waals surface area contributed by atoms with Gasteiger partial charge < -0.3 is 4.90 Å². The Kier molecular flexibility index (Phi) is 4.00. The number of nitrogens with zero attached hydrogens (tertiary/aromatic N) is 1. The van der Waals surface area contributed by atoms with E-state index in [1.54, 1.807) is 0 Å². The Morgan fingerprint density at radius 3 is 2.65 bits per heavy atom. The lowest BCUT2D eigenvalue weighted by Gasteiger charge is -2.30. The molecule has 20 heavy (non-hydrogen) atoms. The lowest BCUT2D eigenvalue weighted by atomic mass is 9.92. The molecule has 1 aromatic rings. The number of rotatable bonds is 2. The summed E-state index contributed by atoms with van der Waals surface area (Å²) >= 11 is 0. The molecule has 0 spiro atoms. The molecule has 0 radical (unpaired) electrons. The smallest absolute Gasteiger partial charge is 0.226 e. The van der Waals surface area contributed by atoms with Gasteiger partial charge in [-0.2, -0.15) is 0 Å². The second kappa shape index (κ2) is 6.08. The highest BCUT2D eigenvalue weighted by molar-refractivity contribution is 5.80. The van der Waals surface area contributed by atoms with Crippen LogP contribution >= 0.6 is 0 Å². The number of allylic oxidation sites excluding steroid dienone is 2. The topological polar surface area (TPSA) is 20.3 Å². The van der Waals surface area contributed by atoms with E-state index in [1.165, 1.54) is 11.1 Å². The number of carbonyl (C=O) groups excluding carboxylic acids is 1. The molecule has 1 aliphatic heterocycles. The molecule has 0 fully saturated rings. The zero-order valence-corrected chi connectivity index (χ0v) is 11.8. The van der Waals surface area contributed by atoms with Crippen LogP contribution < -0.4 is 0 Å². The maximum atomic E-state index is 12.5. The monoisotopic (exact) mass is 267 g/mol. The Labute approximate surface area is 120 Å². The van der Waals surface area contributed by atoms with Crippen molar-refractivity contribution in [1.29, 1.82) is 0 Å². The molecule has 2 heteroatoms. The molecule has 1 atom stereocenters. The highest BCUT2D eigenvalue weighted by Crippen LogP contribution is 2.25. The fourth-order valence-electron chi connectivity index (χ4n) is 3.06. The van der Waals surface area contributed by atoms with Crippen molar-refractivity contribution >= 4 is 11.5 Å². The number of carbonyl (C=O) groups is 1. The van der Waals surface area contributed by atoms with Gasteiger partial charge >= 0.3 is 0 Å². The first-order valence-corrected chi connectivity index (χ1v) is 7.53. The molecule has 0 bridgehead atoms. The number of hydrogen-bond acceptors (Lipinski definition) is 1. The quantitative estimate of drug-likeness (QED) is 0.749. The maximum absolute atomic E-state index is 12.5. The molecule has 3 rings (SSSR count). The fourth-order valence-corrected chi connectivity index (χ4v) is 3.06. The summed E-state index contributed by atoms with van der Waals surface area (Å²) in [5.41, 5.74) is 2.67. The van der Waals surface area contributed by atoms with Gasteiger partial charge in [-0.25, -0.2) is 0 Å². The van der Waals surface area contributed by atoms with Crippen molar-refractivity contribution in [3.05, 3.63) is 54.1 Å². The Bertz CT molecular complexity index is 530. The SMILES string of the molecule is O=C(C1CC=CCC1)N1CC=C(c2ccccc2)CC1. The molecule has 0 saturated heterocycles. The third kappa shape index (κ3) is 2.84. The first-order chi connectivity index (χ1) is 9.84. The van der Waals surface area contributed by atoms with Gasteiger partial charge in [0, 0.05) is 19.0 Å². The van der Waals surface area contributed by atoms with E-state index >= 15 is 0 Å². The van der Waals surface area contributed by atoms with E-state index in [4.69, 9.17) is 0 Å². The van der Waals surface area contributed by atoms with E-state index in [9.17, 15) is 4.79 Å². The molecular weight excluding hydrogens is 246 g/mol. The van der Waals surface area contributed by atoms with Gasteiger partial charge in [0.2, 0.25) is 5.91 Å². The van der Waals surface area contributed by atoms with E-state index < -0.39 is 0 Å².